The van der Waals surface area contributed by atoms with Crippen LogP contribution < -0.4 is 10.6 Å². The van der Waals surface area contributed by atoms with Crippen LogP contribution in [0.2, 0.25) is 0 Å². The molecule has 0 amide bonds. The second-order valence-corrected chi connectivity index (χ2v) is 6.80. The zero-order chi connectivity index (χ0) is 16.9. The molecule has 0 aliphatic heterocycles. The molecular weight excluding hydrogens is 298 g/mol. The zero-order valence-electron chi connectivity index (χ0n) is 14.8. The van der Waals surface area contributed by atoms with E-state index in [1.807, 2.05) is 12.1 Å². The lowest BCUT2D eigenvalue weighted by molar-refractivity contribution is 0.405. The summed E-state index contributed by atoms with van der Waals surface area (Å²) in [5.74, 6) is 2.21. The molecule has 1 aliphatic carbocycles. The summed E-state index contributed by atoms with van der Waals surface area (Å²) in [7, 11) is 4.18. The highest BCUT2D eigenvalue weighted by Crippen LogP contribution is 2.40. The first-order valence-corrected chi connectivity index (χ1v) is 8.72. The topological polar surface area (TPSA) is 53.1 Å². The Morgan fingerprint density at radius 2 is 1.96 bits per heavy atom. The number of aromatic nitrogens is 2. The van der Waals surface area contributed by atoms with Crippen LogP contribution in [0.3, 0.4) is 0 Å². The van der Waals surface area contributed by atoms with Gasteiger partial charge in [0.15, 0.2) is 0 Å². The minimum atomic E-state index is 0.604. The highest BCUT2D eigenvalue weighted by Gasteiger charge is 2.26. The van der Waals surface area contributed by atoms with Gasteiger partial charge < -0.3 is 15.5 Å². The summed E-state index contributed by atoms with van der Waals surface area (Å²) < 4.78 is 0. The Hall–Kier alpha value is -2.14. The van der Waals surface area contributed by atoms with Gasteiger partial charge in [-0.15, -0.1) is 0 Å². The molecule has 0 radical (unpaired) electrons. The quantitative estimate of drug-likeness (QED) is 0.724. The minimum absolute atomic E-state index is 0.604. The lowest BCUT2D eigenvalue weighted by Crippen LogP contribution is -2.17. The smallest absolute Gasteiger partial charge is 0.224 e. The lowest BCUT2D eigenvalue weighted by atomic mass is 10.2. The summed E-state index contributed by atoms with van der Waals surface area (Å²) in [5, 5.41) is 6.82. The van der Waals surface area contributed by atoms with Crippen LogP contribution in [0.1, 0.15) is 36.4 Å². The molecule has 3 rings (SSSR count). The number of nitrogens with zero attached hydrogens (tertiary/aromatic N) is 3. The highest BCUT2D eigenvalue weighted by molar-refractivity contribution is 5.61. The fourth-order valence-corrected chi connectivity index (χ4v) is 2.64. The number of para-hydroxylation sites is 1. The average molecular weight is 325 g/mol. The number of aryl methyl sites for hydroxylation is 1. The third-order valence-electron chi connectivity index (χ3n) is 4.21. The zero-order valence-corrected chi connectivity index (χ0v) is 14.8. The molecule has 2 aromatic rings. The number of anilines is 3. The molecular formula is C19H27N5. The maximum atomic E-state index is 4.70. The summed E-state index contributed by atoms with van der Waals surface area (Å²) in [5.41, 5.74) is 3.46. The molecule has 24 heavy (non-hydrogen) atoms. The van der Waals surface area contributed by atoms with Crippen molar-refractivity contribution >= 4 is 17.5 Å². The molecule has 0 bridgehead atoms. The SMILES string of the molecule is Cc1ccccc1Nc1cc(C2CC2)nc(NCCCN(C)C)n1. The van der Waals surface area contributed by atoms with E-state index in [0.717, 1.165) is 42.7 Å². The van der Waals surface area contributed by atoms with Gasteiger partial charge >= 0.3 is 0 Å². The summed E-state index contributed by atoms with van der Waals surface area (Å²) in [6.45, 7) is 4.05. The van der Waals surface area contributed by atoms with E-state index in [1.54, 1.807) is 0 Å². The van der Waals surface area contributed by atoms with Gasteiger partial charge in [-0.1, -0.05) is 18.2 Å². The van der Waals surface area contributed by atoms with Crippen molar-refractivity contribution < 1.29 is 0 Å². The predicted octanol–water partition coefficient (Wildman–Crippen LogP) is 3.77. The van der Waals surface area contributed by atoms with Crippen molar-refractivity contribution in [2.24, 2.45) is 0 Å². The summed E-state index contributed by atoms with van der Waals surface area (Å²) in [6.07, 6.45) is 3.55. The van der Waals surface area contributed by atoms with Crippen LogP contribution >= 0.6 is 0 Å². The highest BCUT2D eigenvalue weighted by atomic mass is 15.1. The van der Waals surface area contributed by atoms with Crippen molar-refractivity contribution in [2.45, 2.75) is 32.1 Å². The van der Waals surface area contributed by atoms with Gasteiger partial charge in [0.25, 0.3) is 0 Å². The molecule has 2 N–H and O–H groups in total. The third kappa shape index (κ3) is 4.68. The predicted molar refractivity (Wildman–Crippen MR) is 100 cm³/mol. The Morgan fingerprint density at radius 1 is 1.17 bits per heavy atom. The van der Waals surface area contributed by atoms with E-state index in [4.69, 9.17) is 4.98 Å². The van der Waals surface area contributed by atoms with Crippen molar-refractivity contribution in [1.82, 2.24) is 14.9 Å². The standard InChI is InChI=1S/C19H27N5/c1-14-7-4-5-8-16(14)21-18-13-17(15-9-10-15)22-19(23-18)20-11-6-12-24(2)3/h4-5,7-8,13,15H,6,9-12H2,1-3H3,(H2,20,21,22,23). The van der Waals surface area contributed by atoms with Gasteiger partial charge in [0.2, 0.25) is 5.95 Å². The molecule has 0 spiro atoms. The second kappa shape index (κ2) is 7.62. The summed E-state index contributed by atoms with van der Waals surface area (Å²) in [6, 6.07) is 10.4. The van der Waals surface area contributed by atoms with Gasteiger partial charge in [0.1, 0.15) is 5.82 Å². The van der Waals surface area contributed by atoms with E-state index < -0.39 is 0 Å². The van der Waals surface area contributed by atoms with Gasteiger partial charge in [-0.3, -0.25) is 0 Å². The molecule has 1 aliphatic rings. The van der Waals surface area contributed by atoms with E-state index in [0.29, 0.717) is 5.92 Å². The second-order valence-electron chi connectivity index (χ2n) is 6.80. The van der Waals surface area contributed by atoms with Crippen LogP contribution in [0.5, 0.6) is 0 Å². The van der Waals surface area contributed by atoms with Gasteiger partial charge in [0.05, 0.1) is 5.69 Å². The van der Waals surface area contributed by atoms with Gasteiger partial charge in [-0.25, -0.2) is 4.98 Å². The van der Waals surface area contributed by atoms with E-state index in [-0.39, 0.29) is 0 Å². The van der Waals surface area contributed by atoms with Crippen LogP contribution in [-0.2, 0) is 0 Å². The van der Waals surface area contributed by atoms with Crippen LogP contribution in [0.25, 0.3) is 0 Å². The Morgan fingerprint density at radius 3 is 2.67 bits per heavy atom. The molecule has 1 saturated carbocycles. The Balaban J connectivity index is 1.72. The fraction of sp³-hybridized carbons (Fsp3) is 0.474. The Labute approximate surface area is 144 Å². The first-order valence-electron chi connectivity index (χ1n) is 8.72. The minimum Gasteiger partial charge on any atom is -0.354 e. The van der Waals surface area contributed by atoms with Crippen molar-refractivity contribution in [3.63, 3.8) is 0 Å². The molecule has 1 heterocycles. The molecule has 1 aromatic heterocycles. The van der Waals surface area contributed by atoms with Crippen LogP contribution in [0.15, 0.2) is 30.3 Å². The van der Waals surface area contributed by atoms with Gasteiger partial charge in [-0.05, 0) is 58.5 Å². The first-order chi connectivity index (χ1) is 11.6. The third-order valence-corrected chi connectivity index (χ3v) is 4.21. The maximum Gasteiger partial charge on any atom is 0.224 e. The summed E-state index contributed by atoms with van der Waals surface area (Å²) in [4.78, 5) is 11.5. The van der Waals surface area contributed by atoms with Gasteiger partial charge in [-0.2, -0.15) is 4.98 Å². The molecule has 5 nitrogen and oxygen atoms in total. The number of benzene rings is 1. The molecule has 0 saturated heterocycles. The van der Waals surface area contributed by atoms with E-state index in [2.05, 4.69) is 59.7 Å². The number of hydrogen-bond donors (Lipinski definition) is 2. The summed E-state index contributed by atoms with van der Waals surface area (Å²) >= 11 is 0. The van der Waals surface area contributed by atoms with Crippen molar-refractivity contribution in [3.8, 4) is 0 Å². The molecule has 128 valence electrons. The average Bonchev–Trinajstić information content (AvgIpc) is 3.38. The lowest BCUT2D eigenvalue weighted by Gasteiger charge is -2.13. The molecule has 0 atom stereocenters. The number of rotatable bonds is 8. The van der Waals surface area contributed by atoms with Gasteiger partial charge in [0, 0.05) is 24.2 Å². The first kappa shape index (κ1) is 16.7. The molecule has 5 heteroatoms. The molecule has 1 fully saturated rings. The Kier molecular flexibility index (Phi) is 5.30. The normalized spacial score (nSPS) is 14.0. The van der Waals surface area contributed by atoms with E-state index >= 15 is 0 Å². The number of nitrogens with one attached hydrogen (secondary N) is 2. The van der Waals surface area contributed by atoms with E-state index in [9.17, 15) is 0 Å². The molecule has 1 aromatic carbocycles. The van der Waals surface area contributed by atoms with Crippen molar-refractivity contribution in [2.75, 3.05) is 37.8 Å². The van der Waals surface area contributed by atoms with Crippen LogP contribution in [0.4, 0.5) is 17.5 Å². The molecule has 0 unspecified atom stereocenters. The van der Waals surface area contributed by atoms with Crippen molar-refractivity contribution in [1.29, 1.82) is 0 Å². The largest absolute Gasteiger partial charge is 0.354 e. The van der Waals surface area contributed by atoms with E-state index in [1.165, 1.54) is 18.4 Å². The van der Waals surface area contributed by atoms with Crippen molar-refractivity contribution in [3.05, 3.63) is 41.6 Å². The van der Waals surface area contributed by atoms with Crippen LogP contribution in [0, 0.1) is 6.92 Å². The Bertz CT molecular complexity index is 679. The maximum absolute atomic E-state index is 4.70. The number of hydrogen-bond acceptors (Lipinski definition) is 5. The fourth-order valence-electron chi connectivity index (χ4n) is 2.64. The van der Waals surface area contributed by atoms with Crippen LogP contribution in [-0.4, -0.2) is 42.1 Å². The monoisotopic (exact) mass is 325 g/mol.